The van der Waals surface area contributed by atoms with Crippen molar-refractivity contribution >= 4 is 27.6 Å². The summed E-state index contributed by atoms with van der Waals surface area (Å²) < 4.78 is 23.1. The quantitative estimate of drug-likeness (QED) is 0.742. The van der Waals surface area contributed by atoms with Gasteiger partial charge in [-0.2, -0.15) is 0 Å². The minimum absolute atomic E-state index is 0.0251. The minimum atomic E-state index is -3.06. The molecule has 2 saturated heterocycles. The van der Waals surface area contributed by atoms with Gasteiger partial charge in [0.25, 0.3) is 5.91 Å². The normalized spacial score (nSPS) is 22.3. The zero-order valence-corrected chi connectivity index (χ0v) is 15.8. The van der Waals surface area contributed by atoms with Crippen LogP contribution in [0.3, 0.4) is 0 Å². The third kappa shape index (κ3) is 4.29. The largest absolute Gasteiger partial charge is 0.347 e. The Morgan fingerprint density at radius 2 is 1.88 bits per heavy atom. The number of sulfone groups is 1. The Kier molecular flexibility index (Phi) is 5.12. The topological polar surface area (TPSA) is 113 Å². The van der Waals surface area contributed by atoms with Crippen LogP contribution in [0.2, 0.25) is 0 Å². The maximum atomic E-state index is 12.5. The van der Waals surface area contributed by atoms with Crippen LogP contribution in [-0.2, 0) is 14.6 Å². The number of hydrogen-bond acceptors (Lipinski definition) is 7. The molecule has 1 unspecified atom stereocenters. The van der Waals surface area contributed by atoms with Gasteiger partial charge in [-0.3, -0.25) is 9.59 Å². The van der Waals surface area contributed by atoms with E-state index in [9.17, 15) is 18.0 Å². The van der Waals surface area contributed by atoms with Gasteiger partial charge in [-0.15, -0.1) is 0 Å². The summed E-state index contributed by atoms with van der Waals surface area (Å²) in [5.74, 6) is 0.190. The maximum Gasteiger partial charge on any atom is 0.270 e. The number of piperazine rings is 1. The Bertz CT molecular complexity index is 818. The molecule has 1 N–H and O–H groups in total. The first kappa shape index (κ1) is 18.6. The van der Waals surface area contributed by atoms with Gasteiger partial charge in [-0.25, -0.2) is 18.4 Å². The molecule has 1 aromatic heterocycles. The lowest BCUT2D eigenvalue weighted by Gasteiger charge is -2.34. The van der Waals surface area contributed by atoms with Gasteiger partial charge in [0.05, 0.1) is 11.5 Å². The van der Waals surface area contributed by atoms with Crippen LogP contribution in [0, 0.1) is 6.92 Å². The molecular formula is C16H23N5O4S. The summed E-state index contributed by atoms with van der Waals surface area (Å²) in [6.07, 6.45) is 0.429. The van der Waals surface area contributed by atoms with Crippen LogP contribution >= 0.6 is 0 Å². The van der Waals surface area contributed by atoms with Crippen LogP contribution in [0.15, 0.2) is 6.07 Å². The van der Waals surface area contributed by atoms with E-state index in [2.05, 4.69) is 15.3 Å². The van der Waals surface area contributed by atoms with E-state index in [1.165, 1.54) is 0 Å². The number of aromatic nitrogens is 2. The van der Waals surface area contributed by atoms with Crippen molar-refractivity contribution in [2.45, 2.75) is 26.3 Å². The highest BCUT2D eigenvalue weighted by Gasteiger charge is 2.30. The fourth-order valence-electron chi connectivity index (χ4n) is 3.20. The molecule has 2 fully saturated rings. The SMILES string of the molecule is CC(=O)N1CCN(c2nc(C)cc(C(=O)NC3CCS(=O)(=O)C3)n2)CC1. The van der Waals surface area contributed by atoms with Crippen molar-refractivity contribution in [3.63, 3.8) is 0 Å². The molecule has 0 aromatic carbocycles. The maximum absolute atomic E-state index is 12.5. The lowest BCUT2D eigenvalue weighted by Crippen LogP contribution is -2.48. The first-order chi connectivity index (χ1) is 12.2. The molecule has 1 aromatic rings. The van der Waals surface area contributed by atoms with Gasteiger partial charge in [-0.05, 0) is 19.4 Å². The fourth-order valence-corrected chi connectivity index (χ4v) is 4.87. The van der Waals surface area contributed by atoms with Crippen molar-refractivity contribution in [1.29, 1.82) is 0 Å². The van der Waals surface area contributed by atoms with E-state index in [-0.39, 0.29) is 35.1 Å². The number of carbonyl (C=O) groups is 2. The van der Waals surface area contributed by atoms with Crippen molar-refractivity contribution in [3.8, 4) is 0 Å². The second-order valence-electron chi connectivity index (χ2n) is 6.76. The molecule has 9 nitrogen and oxygen atoms in total. The van der Waals surface area contributed by atoms with Crippen molar-refractivity contribution in [2.24, 2.45) is 0 Å². The Morgan fingerprint density at radius 1 is 1.19 bits per heavy atom. The summed E-state index contributed by atoms with van der Waals surface area (Å²) in [6.45, 7) is 5.72. The zero-order chi connectivity index (χ0) is 18.9. The number of hydrogen-bond donors (Lipinski definition) is 1. The number of rotatable bonds is 3. The highest BCUT2D eigenvalue weighted by Crippen LogP contribution is 2.15. The number of amides is 2. The molecule has 10 heteroatoms. The van der Waals surface area contributed by atoms with Gasteiger partial charge in [0.1, 0.15) is 5.69 Å². The molecule has 1 atom stereocenters. The number of nitrogens with zero attached hydrogens (tertiary/aromatic N) is 4. The van der Waals surface area contributed by atoms with E-state index in [0.29, 0.717) is 44.2 Å². The van der Waals surface area contributed by atoms with E-state index < -0.39 is 9.84 Å². The molecule has 2 aliphatic rings. The van der Waals surface area contributed by atoms with Crippen LogP contribution in [0.25, 0.3) is 0 Å². The third-order valence-corrected chi connectivity index (χ3v) is 6.42. The number of anilines is 1. The van der Waals surface area contributed by atoms with Crippen molar-refractivity contribution in [2.75, 3.05) is 42.6 Å². The summed E-state index contributed by atoms with van der Waals surface area (Å²) in [6, 6.07) is 1.22. The minimum Gasteiger partial charge on any atom is -0.347 e. The van der Waals surface area contributed by atoms with E-state index in [1.807, 2.05) is 4.90 Å². The van der Waals surface area contributed by atoms with Crippen LogP contribution in [0.5, 0.6) is 0 Å². The Labute approximate surface area is 152 Å². The molecule has 2 amide bonds. The van der Waals surface area contributed by atoms with Gasteiger partial charge in [-0.1, -0.05) is 0 Å². The van der Waals surface area contributed by atoms with Crippen molar-refractivity contribution in [3.05, 3.63) is 17.5 Å². The molecule has 0 saturated carbocycles. The Balaban J connectivity index is 1.70. The van der Waals surface area contributed by atoms with Gasteiger partial charge in [0, 0.05) is 44.8 Å². The van der Waals surface area contributed by atoms with E-state index in [1.54, 1.807) is 24.8 Å². The van der Waals surface area contributed by atoms with Crippen LogP contribution in [-0.4, -0.2) is 78.8 Å². The molecule has 2 aliphatic heterocycles. The monoisotopic (exact) mass is 381 g/mol. The first-order valence-electron chi connectivity index (χ1n) is 8.61. The lowest BCUT2D eigenvalue weighted by atomic mass is 10.2. The molecular weight excluding hydrogens is 358 g/mol. The van der Waals surface area contributed by atoms with Crippen molar-refractivity contribution in [1.82, 2.24) is 20.2 Å². The van der Waals surface area contributed by atoms with E-state index in [0.717, 1.165) is 0 Å². The molecule has 3 rings (SSSR count). The summed E-state index contributed by atoms with van der Waals surface area (Å²) >= 11 is 0. The smallest absolute Gasteiger partial charge is 0.270 e. The van der Waals surface area contributed by atoms with Crippen LogP contribution in [0.4, 0.5) is 5.95 Å². The predicted octanol–water partition coefficient (Wildman–Crippen LogP) is -0.630. The molecule has 3 heterocycles. The summed E-state index contributed by atoms with van der Waals surface area (Å²) in [4.78, 5) is 36.4. The summed E-state index contributed by atoms with van der Waals surface area (Å²) in [7, 11) is -3.06. The second-order valence-corrected chi connectivity index (χ2v) is 8.99. The van der Waals surface area contributed by atoms with E-state index >= 15 is 0 Å². The molecule has 0 bridgehead atoms. The lowest BCUT2D eigenvalue weighted by molar-refractivity contribution is -0.129. The van der Waals surface area contributed by atoms with E-state index in [4.69, 9.17) is 0 Å². The van der Waals surface area contributed by atoms with Gasteiger partial charge < -0.3 is 15.1 Å². The third-order valence-electron chi connectivity index (χ3n) is 4.65. The van der Waals surface area contributed by atoms with Gasteiger partial charge in [0.15, 0.2) is 9.84 Å². The molecule has 0 radical (unpaired) electrons. The number of nitrogens with one attached hydrogen (secondary N) is 1. The van der Waals surface area contributed by atoms with Gasteiger partial charge >= 0.3 is 0 Å². The average Bonchev–Trinajstić information content (AvgIpc) is 2.93. The summed E-state index contributed by atoms with van der Waals surface area (Å²) in [5.41, 5.74) is 0.888. The average molecular weight is 381 g/mol. The Hall–Kier alpha value is -2.23. The predicted molar refractivity (Wildman–Crippen MR) is 95.8 cm³/mol. The standard InChI is InChI=1S/C16H23N5O4S/c1-11-9-14(15(23)18-13-3-8-26(24,25)10-13)19-16(17-11)21-6-4-20(5-7-21)12(2)22/h9,13H,3-8,10H2,1-2H3,(H,18,23). The molecule has 0 spiro atoms. The highest BCUT2D eigenvalue weighted by molar-refractivity contribution is 7.91. The fraction of sp³-hybridized carbons (Fsp3) is 0.625. The first-order valence-corrected chi connectivity index (χ1v) is 10.4. The van der Waals surface area contributed by atoms with Gasteiger partial charge in [0.2, 0.25) is 11.9 Å². The molecule has 142 valence electrons. The number of carbonyl (C=O) groups excluding carboxylic acids is 2. The molecule has 26 heavy (non-hydrogen) atoms. The highest BCUT2D eigenvalue weighted by atomic mass is 32.2. The van der Waals surface area contributed by atoms with Crippen LogP contribution < -0.4 is 10.2 Å². The zero-order valence-electron chi connectivity index (χ0n) is 14.9. The second kappa shape index (κ2) is 7.18. The molecule has 0 aliphatic carbocycles. The van der Waals surface area contributed by atoms with Crippen molar-refractivity contribution < 1.29 is 18.0 Å². The van der Waals surface area contributed by atoms with Crippen LogP contribution in [0.1, 0.15) is 29.5 Å². The summed E-state index contributed by atoms with van der Waals surface area (Å²) in [5, 5.41) is 2.75. The number of aryl methyl sites for hydroxylation is 1. The Morgan fingerprint density at radius 3 is 2.46 bits per heavy atom.